The summed E-state index contributed by atoms with van der Waals surface area (Å²) >= 11 is 1.33. The molecule has 3 nitrogen and oxygen atoms in total. The first-order chi connectivity index (χ1) is 8.49. The summed E-state index contributed by atoms with van der Waals surface area (Å²) in [4.78, 5) is 7.25. The van der Waals surface area contributed by atoms with E-state index in [0.717, 1.165) is 12.2 Å². The predicted octanol–water partition coefficient (Wildman–Crippen LogP) is 3.96. The van der Waals surface area contributed by atoms with E-state index >= 15 is 0 Å². The molecule has 0 fully saturated rings. The van der Waals surface area contributed by atoms with Crippen molar-refractivity contribution >= 4 is 22.8 Å². The van der Waals surface area contributed by atoms with Crippen molar-refractivity contribution in [2.45, 2.75) is 24.6 Å². The molecule has 1 aromatic heterocycles. The summed E-state index contributed by atoms with van der Waals surface area (Å²) < 4.78 is 41.0. The van der Waals surface area contributed by atoms with E-state index in [1.54, 1.807) is 6.07 Å². The number of aromatic amines is 1. The normalized spacial score (nSPS) is 12.0. The predicted molar refractivity (Wildman–Crippen MR) is 63.8 cm³/mol. The molecule has 98 valence electrons. The number of fused-ring (bicyclic) bond motifs is 1. The SMILES string of the molecule is CCCSc1cc2[nH]cnc2cc1OC(F)(F)F. The molecule has 2 rings (SSSR count). The summed E-state index contributed by atoms with van der Waals surface area (Å²) in [6.45, 7) is 1.96. The van der Waals surface area contributed by atoms with E-state index in [1.807, 2.05) is 6.92 Å². The third-order valence-corrected chi connectivity index (χ3v) is 3.42. The Balaban J connectivity index is 2.38. The molecule has 0 unspecified atom stereocenters. The van der Waals surface area contributed by atoms with Gasteiger partial charge in [0, 0.05) is 6.07 Å². The summed E-state index contributed by atoms with van der Waals surface area (Å²) in [7, 11) is 0. The Morgan fingerprint density at radius 1 is 1.39 bits per heavy atom. The number of alkyl halides is 3. The van der Waals surface area contributed by atoms with E-state index in [9.17, 15) is 13.2 Å². The van der Waals surface area contributed by atoms with Crippen molar-refractivity contribution in [3.05, 3.63) is 18.5 Å². The zero-order chi connectivity index (χ0) is 13.2. The van der Waals surface area contributed by atoms with Crippen LogP contribution < -0.4 is 4.74 Å². The molecular formula is C11H11F3N2OS. The third kappa shape index (κ3) is 3.10. The maximum Gasteiger partial charge on any atom is 0.573 e. The Labute approximate surface area is 106 Å². The van der Waals surface area contributed by atoms with Crippen LogP contribution in [0.25, 0.3) is 11.0 Å². The van der Waals surface area contributed by atoms with Crippen molar-refractivity contribution in [2.24, 2.45) is 0 Å². The number of thioether (sulfide) groups is 1. The fourth-order valence-electron chi connectivity index (χ4n) is 1.47. The van der Waals surface area contributed by atoms with Gasteiger partial charge < -0.3 is 9.72 Å². The van der Waals surface area contributed by atoms with Crippen LogP contribution in [0.5, 0.6) is 5.75 Å². The van der Waals surface area contributed by atoms with Gasteiger partial charge in [-0.2, -0.15) is 0 Å². The smallest absolute Gasteiger partial charge is 0.405 e. The fraction of sp³-hybridized carbons (Fsp3) is 0.364. The highest BCUT2D eigenvalue weighted by atomic mass is 32.2. The molecule has 0 saturated carbocycles. The minimum Gasteiger partial charge on any atom is -0.405 e. The topological polar surface area (TPSA) is 37.9 Å². The number of ether oxygens (including phenoxy) is 1. The summed E-state index contributed by atoms with van der Waals surface area (Å²) in [5, 5.41) is 0. The van der Waals surface area contributed by atoms with Crippen molar-refractivity contribution < 1.29 is 17.9 Å². The number of nitrogens with one attached hydrogen (secondary N) is 1. The van der Waals surface area contributed by atoms with Gasteiger partial charge in [0.2, 0.25) is 0 Å². The number of rotatable bonds is 4. The van der Waals surface area contributed by atoms with Crippen molar-refractivity contribution in [3.63, 3.8) is 0 Å². The quantitative estimate of drug-likeness (QED) is 0.859. The second kappa shape index (κ2) is 5.09. The second-order valence-electron chi connectivity index (χ2n) is 3.61. The lowest BCUT2D eigenvalue weighted by Gasteiger charge is -2.12. The van der Waals surface area contributed by atoms with E-state index < -0.39 is 6.36 Å². The van der Waals surface area contributed by atoms with Crippen LogP contribution in [0, 0.1) is 0 Å². The molecular weight excluding hydrogens is 265 g/mol. The minimum absolute atomic E-state index is 0.194. The molecule has 0 amide bonds. The highest BCUT2D eigenvalue weighted by Gasteiger charge is 2.32. The Kier molecular flexibility index (Phi) is 3.70. The molecule has 1 N–H and O–H groups in total. The van der Waals surface area contributed by atoms with Crippen LogP contribution >= 0.6 is 11.8 Å². The van der Waals surface area contributed by atoms with Crippen LogP contribution in [0.3, 0.4) is 0 Å². The highest BCUT2D eigenvalue weighted by Crippen LogP contribution is 2.36. The maximum atomic E-state index is 12.3. The lowest BCUT2D eigenvalue weighted by Crippen LogP contribution is -2.17. The van der Waals surface area contributed by atoms with Gasteiger partial charge in [-0.1, -0.05) is 6.92 Å². The van der Waals surface area contributed by atoms with Crippen LogP contribution in [0.15, 0.2) is 23.4 Å². The molecule has 0 atom stereocenters. The highest BCUT2D eigenvalue weighted by molar-refractivity contribution is 7.99. The third-order valence-electron chi connectivity index (χ3n) is 2.17. The molecule has 0 radical (unpaired) electrons. The van der Waals surface area contributed by atoms with E-state index in [-0.39, 0.29) is 5.75 Å². The summed E-state index contributed by atoms with van der Waals surface area (Å²) in [6, 6.07) is 2.93. The molecule has 1 heterocycles. The molecule has 0 aliphatic carbocycles. The second-order valence-corrected chi connectivity index (χ2v) is 4.75. The van der Waals surface area contributed by atoms with Gasteiger partial charge in [0.05, 0.1) is 22.3 Å². The number of benzene rings is 1. The summed E-state index contributed by atoms with van der Waals surface area (Å²) in [6.07, 6.45) is -2.38. The van der Waals surface area contributed by atoms with Crippen LogP contribution in [0.2, 0.25) is 0 Å². The lowest BCUT2D eigenvalue weighted by molar-refractivity contribution is -0.275. The molecule has 2 aromatic rings. The zero-order valence-corrected chi connectivity index (χ0v) is 10.4. The van der Waals surface area contributed by atoms with E-state index in [2.05, 4.69) is 14.7 Å². The number of halogens is 3. The average molecular weight is 276 g/mol. The monoisotopic (exact) mass is 276 g/mol. The Bertz CT molecular complexity index is 539. The summed E-state index contributed by atoms with van der Waals surface area (Å²) in [5.74, 6) is 0.536. The van der Waals surface area contributed by atoms with Gasteiger partial charge in [-0.3, -0.25) is 0 Å². The molecule has 0 aliphatic heterocycles. The van der Waals surface area contributed by atoms with Crippen molar-refractivity contribution in [2.75, 3.05) is 5.75 Å². The molecule has 0 aliphatic rings. The molecule has 0 spiro atoms. The minimum atomic E-state index is -4.69. The number of hydrogen-bond donors (Lipinski definition) is 1. The number of H-pyrrole nitrogens is 1. The van der Waals surface area contributed by atoms with Gasteiger partial charge in [0.15, 0.2) is 0 Å². The molecule has 0 bridgehead atoms. The van der Waals surface area contributed by atoms with Gasteiger partial charge in [-0.05, 0) is 18.2 Å². The summed E-state index contributed by atoms with van der Waals surface area (Å²) in [5.41, 5.74) is 1.15. The first-order valence-corrected chi connectivity index (χ1v) is 6.34. The van der Waals surface area contributed by atoms with Crippen molar-refractivity contribution in [1.82, 2.24) is 9.97 Å². The first-order valence-electron chi connectivity index (χ1n) is 5.35. The Morgan fingerprint density at radius 3 is 2.83 bits per heavy atom. The molecule has 1 aromatic carbocycles. The van der Waals surface area contributed by atoms with Crippen LogP contribution in [0.1, 0.15) is 13.3 Å². The zero-order valence-electron chi connectivity index (χ0n) is 9.54. The molecule has 18 heavy (non-hydrogen) atoms. The lowest BCUT2D eigenvalue weighted by atomic mass is 10.3. The van der Waals surface area contributed by atoms with Gasteiger partial charge >= 0.3 is 6.36 Å². The fourth-order valence-corrected chi connectivity index (χ4v) is 2.34. The Morgan fingerprint density at radius 2 is 2.17 bits per heavy atom. The number of imidazole rings is 1. The molecule has 0 saturated heterocycles. The van der Waals surface area contributed by atoms with Gasteiger partial charge in [-0.15, -0.1) is 24.9 Å². The van der Waals surface area contributed by atoms with E-state index in [1.165, 1.54) is 24.2 Å². The van der Waals surface area contributed by atoms with Crippen molar-refractivity contribution in [3.8, 4) is 5.75 Å². The number of nitrogens with zero attached hydrogens (tertiary/aromatic N) is 1. The number of aromatic nitrogens is 2. The van der Waals surface area contributed by atoms with Crippen LogP contribution in [-0.2, 0) is 0 Å². The Hall–Kier alpha value is -1.37. The molecule has 7 heteroatoms. The average Bonchev–Trinajstić information content (AvgIpc) is 2.70. The van der Waals surface area contributed by atoms with Gasteiger partial charge in [0.25, 0.3) is 0 Å². The van der Waals surface area contributed by atoms with Crippen LogP contribution in [0.4, 0.5) is 13.2 Å². The largest absolute Gasteiger partial charge is 0.573 e. The van der Waals surface area contributed by atoms with Crippen molar-refractivity contribution in [1.29, 1.82) is 0 Å². The van der Waals surface area contributed by atoms with Gasteiger partial charge in [-0.25, -0.2) is 4.98 Å². The number of hydrogen-bond acceptors (Lipinski definition) is 3. The van der Waals surface area contributed by atoms with E-state index in [4.69, 9.17) is 0 Å². The van der Waals surface area contributed by atoms with Gasteiger partial charge in [0.1, 0.15) is 5.75 Å². The standard InChI is InChI=1S/C11H11F3N2OS/c1-2-3-18-10-5-8-7(15-6-16-8)4-9(10)17-11(12,13)14/h4-6H,2-3H2,1H3,(H,15,16). The van der Waals surface area contributed by atoms with Crippen LogP contribution in [-0.4, -0.2) is 22.1 Å². The maximum absolute atomic E-state index is 12.3. The van der Waals surface area contributed by atoms with E-state index in [0.29, 0.717) is 15.9 Å². The first kappa shape index (κ1) is 13.1.